The summed E-state index contributed by atoms with van der Waals surface area (Å²) < 4.78 is 18.9. The van der Waals surface area contributed by atoms with Gasteiger partial charge >= 0.3 is 0 Å². The number of halogens is 1. The second-order valence-corrected chi connectivity index (χ2v) is 5.75. The van der Waals surface area contributed by atoms with Gasteiger partial charge in [0.2, 0.25) is 0 Å². The van der Waals surface area contributed by atoms with Gasteiger partial charge in [-0.2, -0.15) is 0 Å². The standard InChI is InChI=1S/C18H26FNO/c1-21-12-11-20-14-17(15-7-3-2-4-8-15)13-16-9-5-6-10-18(16)19/h5-6,9-10,13,15,20H,2-4,7-8,11-12,14H2,1H3/b17-13-. The summed E-state index contributed by atoms with van der Waals surface area (Å²) in [6.45, 7) is 2.36. The van der Waals surface area contributed by atoms with Crippen LogP contribution in [0, 0.1) is 11.7 Å². The minimum Gasteiger partial charge on any atom is -0.383 e. The lowest BCUT2D eigenvalue weighted by Gasteiger charge is -2.25. The van der Waals surface area contributed by atoms with Crippen LogP contribution in [0.4, 0.5) is 4.39 Å². The number of rotatable bonds is 7. The van der Waals surface area contributed by atoms with Crippen molar-refractivity contribution < 1.29 is 9.13 Å². The molecule has 2 nitrogen and oxygen atoms in total. The highest BCUT2D eigenvalue weighted by atomic mass is 19.1. The second kappa shape index (κ2) is 8.96. The van der Waals surface area contributed by atoms with Gasteiger partial charge < -0.3 is 10.1 Å². The summed E-state index contributed by atoms with van der Waals surface area (Å²) in [6.07, 6.45) is 8.42. The van der Waals surface area contributed by atoms with Crippen LogP contribution in [0.5, 0.6) is 0 Å². The largest absolute Gasteiger partial charge is 0.383 e. The van der Waals surface area contributed by atoms with Crippen molar-refractivity contribution >= 4 is 6.08 Å². The number of hydrogen-bond donors (Lipinski definition) is 1. The van der Waals surface area contributed by atoms with Crippen molar-refractivity contribution in [3.05, 3.63) is 41.2 Å². The van der Waals surface area contributed by atoms with Crippen molar-refractivity contribution in [2.75, 3.05) is 26.8 Å². The van der Waals surface area contributed by atoms with Crippen LogP contribution in [0.1, 0.15) is 37.7 Å². The molecule has 1 aliphatic carbocycles. The highest BCUT2D eigenvalue weighted by molar-refractivity contribution is 5.54. The number of ether oxygens (including phenoxy) is 1. The molecule has 1 aromatic carbocycles. The van der Waals surface area contributed by atoms with E-state index < -0.39 is 0 Å². The molecule has 0 aliphatic heterocycles. The Bertz CT molecular complexity index is 452. The zero-order valence-electron chi connectivity index (χ0n) is 12.9. The summed E-state index contributed by atoms with van der Waals surface area (Å²) in [5.41, 5.74) is 2.03. The van der Waals surface area contributed by atoms with E-state index in [9.17, 15) is 4.39 Å². The van der Waals surface area contributed by atoms with Crippen molar-refractivity contribution in [3.8, 4) is 0 Å². The fourth-order valence-electron chi connectivity index (χ4n) is 2.99. The Hall–Kier alpha value is -1.19. The normalized spacial score (nSPS) is 17.1. The first-order chi connectivity index (χ1) is 10.3. The Morgan fingerprint density at radius 3 is 2.76 bits per heavy atom. The predicted octanol–water partition coefficient (Wildman–Crippen LogP) is 4.03. The Balaban J connectivity index is 2.08. The van der Waals surface area contributed by atoms with Crippen molar-refractivity contribution in [2.45, 2.75) is 32.1 Å². The molecule has 0 atom stereocenters. The van der Waals surface area contributed by atoms with E-state index >= 15 is 0 Å². The fourth-order valence-corrected chi connectivity index (χ4v) is 2.99. The predicted molar refractivity (Wildman–Crippen MR) is 85.7 cm³/mol. The number of methoxy groups -OCH3 is 1. The van der Waals surface area contributed by atoms with Crippen LogP contribution in [-0.4, -0.2) is 26.8 Å². The van der Waals surface area contributed by atoms with Crippen LogP contribution in [0.3, 0.4) is 0 Å². The van der Waals surface area contributed by atoms with Gasteiger partial charge in [0, 0.05) is 25.8 Å². The van der Waals surface area contributed by atoms with E-state index in [1.165, 1.54) is 43.7 Å². The van der Waals surface area contributed by atoms with Gasteiger partial charge in [0.1, 0.15) is 5.82 Å². The molecule has 3 heteroatoms. The summed E-state index contributed by atoms with van der Waals surface area (Å²) in [6, 6.07) is 7.02. The minimum absolute atomic E-state index is 0.136. The SMILES string of the molecule is COCCNC/C(=C/c1ccccc1F)C1CCCCC1. The van der Waals surface area contributed by atoms with Gasteiger partial charge in [-0.05, 0) is 24.8 Å². The number of nitrogens with one attached hydrogen (secondary N) is 1. The maximum Gasteiger partial charge on any atom is 0.130 e. The molecule has 1 saturated carbocycles. The fraction of sp³-hybridized carbons (Fsp3) is 0.556. The Labute approximate surface area is 127 Å². The lowest BCUT2D eigenvalue weighted by molar-refractivity contribution is 0.200. The quantitative estimate of drug-likeness (QED) is 0.766. The highest BCUT2D eigenvalue weighted by Gasteiger charge is 2.18. The van der Waals surface area contributed by atoms with Gasteiger partial charge in [-0.15, -0.1) is 0 Å². The van der Waals surface area contributed by atoms with E-state index in [4.69, 9.17) is 4.74 Å². The van der Waals surface area contributed by atoms with Crippen molar-refractivity contribution in [1.29, 1.82) is 0 Å². The molecule has 1 N–H and O–H groups in total. The molecule has 0 aromatic heterocycles. The molecule has 0 amide bonds. The molecule has 21 heavy (non-hydrogen) atoms. The van der Waals surface area contributed by atoms with Crippen molar-refractivity contribution in [3.63, 3.8) is 0 Å². The van der Waals surface area contributed by atoms with E-state index in [-0.39, 0.29) is 5.82 Å². The van der Waals surface area contributed by atoms with Gasteiger partial charge in [-0.1, -0.05) is 49.1 Å². The Kier molecular flexibility index (Phi) is 6.90. The van der Waals surface area contributed by atoms with E-state index in [1.54, 1.807) is 13.2 Å². The maximum atomic E-state index is 13.9. The first kappa shape index (κ1) is 16.2. The molecule has 1 aliphatic rings. The third-order valence-electron chi connectivity index (χ3n) is 4.19. The molecule has 2 rings (SSSR count). The van der Waals surface area contributed by atoms with Crippen molar-refractivity contribution in [1.82, 2.24) is 5.32 Å². The molecule has 0 spiro atoms. The smallest absolute Gasteiger partial charge is 0.130 e. The van der Waals surface area contributed by atoms with Crippen molar-refractivity contribution in [2.24, 2.45) is 5.92 Å². The van der Waals surface area contributed by atoms with Gasteiger partial charge in [0.25, 0.3) is 0 Å². The summed E-state index contributed by atoms with van der Waals surface area (Å²) in [7, 11) is 1.71. The molecule has 1 fully saturated rings. The first-order valence-corrected chi connectivity index (χ1v) is 7.96. The van der Waals surface area contributed by atoms with E-state index in [2.05, 4.69) is 5.32 Å². The third kappa shape index (κ3) is 5.25. The van der Waals surface area contributed by atoms with Gasteiger partial charge in [-0.3, -0.25) is 0 Å². The average Bonchev–Trinajstić information content (AvgIpc) is 2.53. The minimum atomic E-state index is -0.136. The summed E-state index contributed by atoms with van der Waals surface area (Å²) >= 11 is 0. The van der Waals surface area contributed by atoms with E-state index in [0.717, 1.165) is 13.1 Å². The van der Waals surface area contributed by atoms with Crippen LogP contribution >= 0.6 is 0 Å². The molecule has 0 heterocycles. The second-order valence-electron chi connectivity index (χ2n) is 5.75. The van der Waals surface area contributed by atoms with E-state index in [1.807, 2.05) is 18.2 Å². The maximum absolute atomic E-state index is 13.9. The lowest BCUT2D eigenvalue weighted by Crippen LogP contribution is -2.25. The Morgan fingerprint density at radius 1 is 1.29 bits per heavy atom. The summed E-state index contributed by atoms with van der Waals surface area (Å²) in [4.78, 5) is 0. The zero-order chi connectivity index (χ0) is 14.9. The highest BCUT2D eigenvalue weighted by Crippen LogP contribution is 2.30. The van der Waals surface area contributed by atoms with Crippen LogP contribution < -0.4 is 5.32 Å². The number of hydrogen-bond acceptors (Lipinski definition) is 2. The molecular weight excluding hydrogens is 265 g/mol. The molecule has 1 aromatic rings. The molecule has 116 valence electrons. The van der Waals surface area contributed by atoms with Gasteiger partial charge in [0.05, 0.1) is 6.61 Å². The molecule has 0 bridgehead atoms. The monoisotopic (exact) mass is 291 g/mol. The van der Waals surface area contributed by atoms with Crippen LogP contribution in [-0.2, 0) is 4.74 Å². The Morgan fingerprint density at radius 2 is 2.05 bits per heavy atom. The first-order valence-electron chi connectivity index (χ1n) is 7.96. The zero-order valence-corrected chi connectivity index (χ0v) is 12.9. The van der Waals surface area contributed by atoms with Crippen LogP contribution in [0.25, 0.3) is 6.08 Å². The molecule has 0 radical (unpaired) electrons. The van der Waals surface area contributed by atoms with E-state index in [0.29, 0.717) is 18.1 Å². The molecule has 0 saturated heterocycles. The van der Waals surface area contributed by atoms with Gasteiger partial charge in [0.15, 0.2) is 0 Å². The van der Waals surface area contributed by atoms with Crippen LogP contribution in [0.2, 0.25) is 0 Å². The number of benzene rings is 1. The lowest BCUT2D eigenvalue weighted by atomic mass is 9.83. The molecule has 0 unspecified atom stereocenters. The topological polar surface area (TPSA) is 21.3 Å². The third-order valence-corrected chi connectivity index (χ3v) is 4.19. The van der Waals surface area contributed by atoms with Crippen LogP contribution in [0.15, 0.2) is 29.8 Å². The summed E-state index contributed by atoms with van der Waals surface area (Å²) in [5, 5.41) is 3.41. The van der Waals surface area contributed by atoms with Gasteiger partial charge in [-0.25, -0.2) is 4.39 Å². The summed E-state index contributed by atoms with van der Waals surface area (Å²) in [5.74, 6) is 0.455. The average molecular weight is 291 g/mol. The molecular formula is C18H26FNO.